The number of carbonyl (C=O) groups excluding carboxylic acids is 1. The summed E-state index contributed by atoms with van der Waals surface area (Å²) in [6.45, 7) is 4.69. The molecule has 0 radical (unpaired) electrons. The number of ether oxygens (including phenoxy) is 3. The van der Waals surface area contributed by atoms with Gasteiger partial charge in [0.25, 0.3) is 5.91 Å². The van der Waals surface area contributed by atoms with Gasteiger partial charge in [-0.25, -0.2) is 0 Å². The molecule has 2 aromatic carbocycles. The van der Waals surface area contributed by atoms with Crippen molar-refractivity contribution >= 4 is 33.6 Å². The number of rotatable bonds is 8. The number of methoxy groups -OCH3 is 1. The molecule has 0 saturated heterocycles. The third-order valence-corrected chi connectivity index (χ3v) is 4.24. The van der Waals surface area contributed by atoms with Crippen LogP contribution in [0.15, 0.2) is 46.4 Å². The van der Waals surface area contributed by atoms with Crippen LogP contribution in [0, 0.1) is 11.3 Å². The molecular formula is C21H21BrN2O4. The summed E-state index contributed by atoms with van der Waals surface area (Å²) in [5.74, 6) is 1.09. The molecule has 0 aromatic heterocycles. The molecule has 6 nitrogen and oxygen atoms in total. The Kier molecular flexibility index (Phi) is 7.90. The Hall–Kier alpha value is -2.98. The third-order valence-electron chi connectivity index (χ3n) is 3.65. The topological polar surface area (TPSA) is 80.6 Å². The average molecular weight is 445 g/mol. The molecule has 1 amide bonds. The molecule has 0 heterocycles. The first-order chi connectivity index (χ1) is 13.5. The number of halogens is 1. The first-order valence-corrected chi connectivity index (χ1v) is 9.48. The Morgan fingerprint density at radius 2 is 1.89 bits per heavy atom. The van der Waals surface area contributed by atoms with Gasteiger partial charge < -0.3 is 19.5 Å². The van der Waals surface area contributed by atoms with Gasteiger partial charge in [0.2, 0.25) is 0 Å². The number of anilines is 1. The van der Waals surface area contributed by atoms with Crippen LogP contribution in [0.1, 0.15) is 19.4 Å². The van der Waals surface area contributed by atoms with E-state index in [0.29, 0.717) is 46.2 Å². The highest BCUT2D eigenvalue weighted by atomic mass is 79.9. The maximum Gasteiger partial charge on any atom is 0.266 e. The molecule has 0 aliphatic heterocycles. The lowest BCUT2D eigenvalue weighted by molar-refractivity contribution is -0.112. The van der Waals surface area contributed by atoms with E-state index >= 15 is 0 Å². The second-order valence-electron chi connectivity index (χ2n) is 5.52. The van der Waals surface area contributed by atoms with Crippen molar-refractivity contribution in [2.45, 2.75) is 13.8 Å². The lowest BCUT2D eigenvalue weighted by atomic mass is 10.1. The van der Waals surface area contributed by atoms with Crippen LogP contribution in [0.5, 0.6) is 17.2 Å². The molecule has 28 heavy (non-hydrogen) atoms. The lowest BCUT2D eigenvalue weighted by Crippen LogP contribution is -2.14. The summed E-state index contributed by atoms with van der Waals surface area (Å²) in [7, 11) is 1.51. The number of nitrogens with zero attached hydrogens (tertiary/aromatic N) is 1. The van der Waals surface area contributed by atoms with Gasteiger partial charge in [-0.15, -0.1) is 0 Å². The molecule has 0 fully saturated rings. The maximum absolute atomic E-state index is 12.6. The molecule has 2 aromatic rings. The van der Waals surface area contributed by atoms with E-state index in [1.54, 1.807) is 36.4 Å². The molecule has 0 aliphatic rings. The van der Waals surface area contributed by atoms with E-state index in [-0.39, 0.29) is 5.57 Å². The van der Waals surface area contributed by atoms with Gasteiger partial charge in [0, 0.05) is 0 Å². The first-order valence-electron chi connectivity index (χ1n) is 8.69. The zero-order valence-corrected chi connectivity index (χ0v) is 17.5. The lowest BCUT2D eigenvalue weighted by Gasteiger charge is -2.14. The second-order valence-corrected chi connectivity index (χ2v) is 6.37. The number of nitrogens with one attached hydrogen (secondary N) is 1. The smallest absolute Gasteiger partial charge is 0.266 e. The number of para-hydroxylation sites is 2. The van der Waals surface area contributed by atoms with Crippen molar-refractivity contribution in [1.29, 1.82) is 5.26 Å². The van der Waals surface area contributed by atoms with Crippen LogP contribution in [0.25, 0.3) is 6.08 Å². The zero-order valence-electron chi connectivity index (χ0n) is 15.9. The second kappa shape index (κ2) is 10.4. The summed E-state index contributed by atoms with van der Waals surface area (Å²) in [5.41, 5.74) is 1.06. The molecular weight excluding hydrogens is 424 g/mol. The molecule has 0 unspecified atom stereocenters. The van der Waals surface area contributed by atoms with E-state index in [1.165, 1.54) is 13.2 Å². The minimum Gasteiger partial charge on any atom is -0.495 e. The molecule has 146 valence electrons. The molecule has 0 aliphatic carbocycles. The molecule has 2 rings (SSSR count). The molecule has 0 atom stereocenters. The monoisotopic (exact) mass is 444 g/mol. The van der Waals surface area contributed by atoms with Crippen LogP contribution in [0.4, 0.5) is 5.69 Å². The van der Waals surface area contributed by atoms with E-state index in [4.69, 9.17) is 14.2 Å². The van der Waals surface area contributed by atoms with Crippen LogP contribution >= 0.6 is 15.9 Å². The summed E-state index contributed by atoms with van der Waals surface area (Å²) < 4.78 is 17.1. The van der Waals surface area contributed by atoms with E-state index in [1.807, 2.05) is 19.9 Å². The van der Waals surface area contributed by atoms with Gasteiger partial charge in [-0.2, -0.15) is 5.26 Å². The van der Waals surface area contributed by atoms with E-state index in [0.717, 1.165) is 0 Å². The van der Waals surface area contributed by atoms with Gasteiger partial charge in [-0.3, -0.25) is 4.79 Å². The highest BCUT2D eigenvalue weighted by molar-refractivity contribution is 9.10. The third kappa shape index (κ3) is 5.27. The van der Waals surface area contributed by atoms with Crippen molar-refractivity contribution in [2.75, 3.05) is 25.6 Å². The van der Waals surface area contributed by atoms with Crippen molar-refractivity contribution < 1.29 is 19.0 Å². The van der Waals surface area contributed by atoms with Gasteiger partial charge in [-0.05, 0) is 65.7 Å². The molecule has 7 heteroatoms. The minimum absolute atomic E-state index is 0.0515. The molecule has 0 saturated carbocycles. The average Bonchev–Trinajstić information content (AvgIpc) is 2.69. The molecule has 1 N–H and O–H groups in total. The van der Waals surface area contributed by atoms with Crippen molar-refractivity contribution in [3.05, 3.63) is 52.0 Å². The Balaban J connectivity index is 2.35. The van der Waals surface area contributed by atoms with Crippen LogP contribution in [-0.4, -0.2) is 26.2 Å². The fourth-order valence-electron chi connectivity index (χ4n) is 2.47. The normalized spacial score (nSPS) is 10.8. The number of benzene rings is 2. The highest BCUT2D eigenvalue weighted by Crippen LogP contribution is 2.37. The maximum atomic E-state index is 12.6. The van der Waals surface area contributed by atoms with Crippen LogP contribution in [0.2, 0.25) is 0 Å². The summed E-state index contributed by atoms with van der Waals surface area (Å²) in [6.07, 6.45) is 1.49. The van der Waals surface area contributed by atoms with E-state index < -0.39 is 5.91 Å². The van der Waals surface area contributed by atoms with Crippen LogP contribution in [-0.2, 0) is 4.79 Å². The minimum atomic E-state index is -0.532. The number of nitriles is 1. The van der Waals surface area contributed by atoms with Crippen molar-refractivity contribution in [3.8, 4) is 23.3 Å². The SMILES string of the molecule is CCOc1cc(/C=C(\C#N)C(=O)Nc2ccccc2OC)cc(Br)c1OCC. The Morgan fingerprint density at radius 3 is 2.54 bits per heavy atom. The Morgan fingerprint density at radius 1 is 1.18 bits per heavy atom. The van der Waals surface area contributed by atoms with Gasteiger partial charge in [0.15, 0.2) is 11.5 Å². The van der Waals surface area contributed by atoms with Gasteiger partial charge in [-0.1, -0.05) is 12.1 Å². The number of hydrogen-bond donors (Lipinski definition) is 1. The summed E-state index contributed by atoms with van der Waals surface area (Å²) in [6, 6.07) is 12.4. The Bertz CT molecular complexity index is 919. The zero-order chi connectivity index (χ0) is 20.5. The van der Waals surface area contributed by atoms with Crippen molar-refractivity contribution in [3.63, 3.8) is 0 Å². The van der Waals surface area contributed by atoms with Crippen LogP contribution < -0.4 is 19.5 Å². The molecule has 0 spiro atoms. The van der Waals surface area contributed by atoms with E-state index in [9.17, 15) is 10.1 Å². The largest absolute Gasteiger partial charge is 0.495 e. The molecule has 0 bridgehead atoms. The Labute approximate surface area is 172 Å². The van der Waals surface area contributed by atoms with Crippen molar-refractivity contribution in [2.24, 2.45) is 0 Å². The summed E-state index contributed by atoms with van der Waals surface area (Å²) in [4.78, 5) is 12.6. The fraction of sp³-hybridized carbons (Fsp3) is 0.238. The van der Waals surface area contributed by atoms with Gasteiger partial charge >= 0.3 is 0 Å². The highest BCUT2D eigenvalue weighted by Gasteiger charge is 2.15. The predicted molar refractivity (Wildman–Crippen MR) is 112 cm³/mol. The first kappa shape index (κ1) is 21.3. The fourth-order valence-corrected chi connectivity index (χ4v) is 3.05. The number of amides is 1. The van der Waals surface area contributed by atoms with E-state index in [2.05, 4.69) is 21.2 Å². The van der Waals surface area contributed by atoms with Crippen molar-refractivity contribution in [1.82, 2.24) is 0 Å². The van der Waals surface area contributed by atoms with Gasteiger partial charge in [0.05, 0.1) is 30.5 Å². The van der Waals surface area contributed by atoms with Crippen LogP contribution in [0.3, 0.4) is 0 Å². The number of hydrogen-bond acceptors (Lipinski definition) is 5. The summed E-state index contributed by atoms with van der Waals surface area (Å²) in [5, 5.41) is 12.2. The standard InChI is InChI=1S/C21H21BrN2O4/c1-4-27-19-12-14(11-16(22)20(19)28-5-2)10-15(13-23)21(25)24-17-8-6-7-9-18(17)26-3/h6-12H,4-5H2,1-3H3,(H,24,25)/b15-10+. The number of carbonyl (C=O) groups is 1. The van der Waals surface area contributed by atoms with Gasteiger partial charge in [0.1, 0.15) is 17.4 Å². The predicted octanol–water partition coefficient (Wildman–Crippen LogP) is 4.80. The summed E-state index contributed by atoms with van der Waals surface area (Å²) >= 11 is 3.46. The quantitative estimate of drug-likeness (QED) is 0.467.